The van der Waals surface area contributed by atoms with Crippen LogP contribution in [0, 0.1) is 0 Å². The average Bonchev–Trinajstić information content (AvgIpc) is 3.09. The van der Waals surface area contributed by atoms with Gasteiger partial charge in [0.05, 0.1) is 5.52 Å². The lowest BCUT2D eigenvalue weighted by Gasteiger charge is -2.06. The van der Waals surface area contributed by atoms with Gasteiger partial charge in [0, 0.05) is 28.7 Å². The van der Waals surface area contributed by atoms with Gasteiger partial charge in [-0.25, -0.2) is 0 Å². The molecular weight excluding hydrogens is 382 g/mol. The Hall–Kier alpha value is -3.04. The highest BCUT2D eigenvalue weighted by molar-refractivity contribution is 6.30. The molecule has 0 unspecified atom stereocenters. The topological polar surface area (TPSA) is 42.2 Å². The molecule has 4 rings (SSSR count). The minimum absolute atomic E-state index is 0.139. The number of carboxylic acids is 1. The Morgan fingerprint density at radius 2 is 1.69 bits per heavy atom. The quantitative estimate of drug-likeness (QED) is 0.406. The summed E-state index contributed by atoms with van der Waals surface area (Å²) in [6.07, 6.45) is 4.72. The number of fused-ring (bicyclic) bond motifs is 1. The van der Waals surface area contributed by atoms with Gasteiger partial charge in [0.2, 0.25) is 0 Å². The molecule has 0 aliphatic heterocycles. The molecule has 0 aliphatic rings. The minimum atomic E-state index is -0.772. The van der Waals surface area contributed by atoms with Crippen molar-refractivity contribution in [1.29, 1.82) is 0 Å². The molecule has 0 amide bonds. The summed E-state index contributed by atoms with van der Waals surface area (Å²) in [5, 5.41) is 10.9. The number of halogens is 1. The van der Waals surface area contributed by atoms with Gasteiger partial charge in [-0.3, -0.25) is 4.79 Å². The Labute approximate surface area is 175 Å². The Bertz CT molecular complexity index is 1150. The van der Waals surface area contributed by atoms with Gasteiger partial charge in [-0.2, -0.15) is 0 Å². The zero-order chi connectivity index (χ0) is 20.2. The fraction of sp³-hybridized carbons (Fsp3) is 0.160. The summed E-state index contributed by atoms with van der Waals surface area (Å²) in [7, 11) is 0. The van der Waals surface area contributed by atoms with E-state index in [1.54, 1.807) is 0 Å². The number of aromatic nitrogens is 1. The predicted octanol–water partition coefficient (Wildman–Crippen LogP) is 6.09. The van der Waals surface area contributed by atoms with Crippen molar-refractivity contribution in [3.63, 3.8) is 0 Å². The molecule has 0 saturated carbocycles. The molecule has 0 bridgehead atoms. The van der Waals surface area contributed by atoms with E-state index in [0.29, 0.717) is 11.4 Å². The van der Waals surface area contributed by atoms with Gasteiger partial charge < -0.3 is 9.67 Å². The molecule has 29 heavy (non-hydrogen) atoms. The maximum absolute atomic E-state index is 11.0. The van der Waals surface area contributed by atoms with Crippen molar-refractivity contribution in [2.24, 2.45) is 0 Å². The van der Waals surface area contributed by atoms with E-state index >= 15 is 0 Å². The third-order valence-electron chi connectivity index (χ3n) is 5.19. The van der Waals surface area contributed by atoms with Crippen molar-refractivity contribution >= 4 is 28.5 Å². The van der Waals surface area contributed by atoms with Crippen molar-refractivity contribution in [2.45, 2.75) is 25.7 Å². The van der Waals surface area contributed by atoms with E-state index in [9.17, 15) is 4.79 Å². The summed E-state index contributed by atoms with van der Waals surface area (Å²) >= 11 is 6.22. The van der Waals surface area contributed by atoms with Crippen molar-refractivity contribution in [3.05, 3.63) is 101 Å². The number of aryl methyl sites for hydroxylation is 3. The predicted molar refractivity (Wildman–Crippen MR) is 118 cm³/mol. The molecule has 0 aliphatic carbocycles. The number of carbonyl (C=O) groups is 1. The summed E-state index contributed by atoms with van der Waals surface area (Å²) in [6, 6.07) is 24.5. The molecule has 1 N–H and O–H groups in total. The third-order valence-corrected chi connectivity index (χ3v) is 5.43. The van der Waals surface area contributed by atoms with Gasteiger partial charge in [-0.1, -0.05) is 54.1 Å². The number of aliphatic carboxylic acids is 1. The van der Waals surface area contributed by atoms with Crippen LogP contribution >= 0.6 is 11.6 Å². The van der Waals surface area contributed by atoms with Gasteiger partial charge in [-0.05, 0) is 66.3 Å². The largest absolute Gasteiger partial charge is 0.481 e. The maximum Gasteiger partial charge on any atom is 0.303 e. The van der Waals surface area contributed by atoms with E-state index in [2.05, 4.69) is 47.2 Å². The third kappa shape index (κ3) is 4.52. The van der Waals surface area contributed by atoms with Gasteiger partial charge in [-0.15, -0.1) is 0 Å². The second-order valence-electron chi connectivity index (χ2n) is 7.24. The van der Waals surface area contributed by atoms with Gasteiger partial charge in [0.15, 0.2) is 0 Å². The van der Waals surface area contributed by atoms with Crippen LogP contribution in [0.15, 0.2) is 79.0 Å². The van der Waals surface area contributed by atoms with E-state index < -0.39 is 5.97 Å². The molecule has 0 spiro atoms. The molecule has 0 radical (unpaired) electrons. The second kappa shape index (κ2) is 8.54. The molecule has 4 heteroatoms. The van der Waals surface area contributed by atoms with E-state index in [1.165, 1.54) is 16.5 Å². The molecule has 4 aromatic rings. The first-order chi connectivity index (χ1) is 14.1. The van der Waals surface area contributed by atoms with Crippen LogP contribution in [0.2, 0.25) is 5.02 Å². The Morgan fingerprint density at radius 3 is 2.45 bits per heavy atom. The molecule has 0 atom stereocenters. The number of carboxylic acid groups (broad SMARTS) is 1. The van der Waals surface area contributed by atoms with Crippen LogP contribution in [0.3, 0.4) is 0 Å². The summed E-state index contributed by atoms with van der Waals surface area (Å²) in [5.74, 6) is -0.772. The fourth-order valence-corrected chi connectivity index (χ4v) is 3.90. The number of hydrogen-bond donors (Lipinski definition) is 1. The molecule has 0 saturated heterocycles. The van der Waals surface area contributed by atoms with E-state index in [-0.39, 0.29) is 6.42 Å². The standard InChI is InChI=1S/C25H22ClNO2/c26-21-7-4-8-22(16-21)27-17-20(12-9-18-5-2-1-3-6-18)23-15-19(10-13-24(23)27)11-14-25(28)29/h1-8,10,13,15-17H,9,11-12,14H2,(H,28,29). The number of rotatable bonds is 7. The molecule has 1 aromatic heterocycles. The monoisotopic (exact) mass is 403 g/mol. The average molecular weight is 404 g/mol. The zero-order valence-corrected chi connectivity index (χ0v) is 16.8. The fourth-order valence-electron chi connectivity index (χ4n) is 3.71. The molecule has 3 nitrogen and oxygen atoms in total. The van der Waals surface area contributed by atoms with E-state index in [4.69, 9.17) is 16.7 Å². The lowest BCUT2D eigenvalue weighted by Crippen LogP contribution is -1.97. The second-order valence-corrected chi connectivity index (χ2v) is 7.67. The number of benzene rings is 3. The van der Waals surface area contributed by atoms with Crippen LogP contribution in [0.25, 0.3) is 16.6 Å². The maximum atomic E-state index is 11.0. The summed E-state index contributed by atoms with van der Waals surface area (Å²) < 4.78 is 2.17. The molecule has 3 aromatic carbocycles. The van der Waals surface area contributed by atoms with Crippen molar-refractivity contribution < 1.29 is 9.90 Å². The SMILES string of the molecule is O=C(O)CCc1ccc2c(c1)c(CCc1ccccc1)cn2-c1cccc(Cl)c1. The molecule has 0 fully saturated rings. The lowest BCUT2D eigenvalue weighted by molar-refractivity contribution is -0.136. The smallest absolute Gasteiger partial charge is 0.303 e. The summed E-state index contributed by atoms with van der Waals surface area (Å²) in [5.41, 5.74) is 5.73. The van der Waals surface area contributed by atoms with Crippen LogP contribution < -0.4 is 0 Å². The number of nitrogens with zero attached hydrogens (tertiary/aromatic N) is 1. The highest BCUT2D eigenvalue weighted by atomic mass is 35.5. The van der Waals surface area contributed by atoms with Crippen LogP contribution in [0.5, 0.6) is 0 Å². The summed E-state index contributed by atoms with van der Waals surface area (Å²) in [4.78, 5) is 11.0. The molecule has 1 heterocycles. The van der Waals surface area contributed by atoms with E-state index in [1.807, 2.05) is 36.4 Å². The van der Waals surface area contributed by atoms with E-state index in [0.717, 1.165) is 29.6 Å². The Balaban J connectivity index is 1.74. The van der Waals surface area contributed by atoms with Crippen molar-refractivity contribution in [1.82, 2.24) is 4.57 Å². The lowest BCUT2D eigenvalue weighted by atomic mass is 10.0. The number of hydrogen-bond acceptors (Lipinski definition) is 1. The zero-order valence-electron chi connectivity index (χ0n) is 16.0. The molecular formula is C25H22ClNO2. The first-order valence-electron chi connectivity index (χ1n) is 9.75. The van der Waals surface area contributed by atoms with Crippen LogP contribution in [-0.4, -0.2) is 15.6 Å². The highest BCUT2D eigenvalue weighted by Gasteiger charge is 2.12. The molecule has 146 valence electrons. The minimum Gasteiger partial charge on any atom is -0.481 e. The van der Waals surface area contributed by atoms with Gasteiger partial charge in [0.1, 0.15) is 0 Å². The summed E-state index contributed by atoms with van der Waals surface area (Å²) in [6.45, 7) is 0. The Morgan fingerprint density at radius 1 is 0.862 bits per heavy atom. The first-order valence-corrected chi connectivity index (χ1v) is 10.1. The van der Waals surface area contributed by atoms with Gasteiger partial charge >= 0.3 is 5.97 Å². The Kier molecular flexibility index (Phi) is 5.68. The van der Waals surface area contributed by atoms with Gasteiger partial charge in [0.25, 0.3) is 0 Å². The van der Waals surface area contributed by atoms with Crippen molar-refractivity contribution in [2.75, 3.05) is 0 Å². The first kappa shape index (κ1) is 19.3. The highest BCUT2D eigenvalue weighted by Crippen LogP contribution is 2.28. The normalized spacial score (nSPS) is 11.1. The van der Waals surface area contributed by atoms with Crippen molar-refractivity contribution in [3.8, 4) is 5.69 Å². The van der Waals surface area contributed by atoms with Crippen LogP contribution in [-0.2, 0) is 24.1 Å². The van der Waals surface area contributed by atoms with Crippen LogP contribution in [0.1, 0.15) is 23.1 Å². The van der Waals surface area contributed by atoms with Crippen LogP contribution in [0.4, 0.5) is 0 Å².